The van der Waals surface area contributed by atoms with Crippen LogP contribution in [0, 0.1) is 0 Å². The number of carbonyl (C=O) groups is 1. The summed E-state index contributed by atoms with van der Waals surface area (Å²) in [5, 5.41) is 2.79. The first-order valence-corrected chi connectivity index (χ1v) is 8.58. The van der Waals surface area contributed by atoms with Gasteiger partial charge in [0.15, 0.2) is 0 Å². The topological polar surface area (TPSA) is 64.1 Å². The zero-order valence-corrected chi connectivity index (χ0v) is 14.8. The van der Waals surface area contributed by atoms with E-state index in [1.54, 1.807) is 54.1 Å². The number of hydrogen-bond acceptors (Lipinski definition) is 5. The highest BCUT2D eigenvalue weighted by Gasteiger charge is 2.01. The Hall–Kier alpha value is -2.51. The van der Waals surface area contributed by atoms with E-state index in [9.17, 15) is 4.79 Å². The van der Waals surface area contributed by atoms with E-state index in [4.69, 9.17) is 4.74 Å². The molecule has 0 aliphatic heterocycles. The summed E-state index contributed by atoms with van der Waals surface area (Å²) in [5.74, 6) is 0.842. The Morgan fingerprint density at radius 2 is 2.00 bits per heavy atom. The number of ether oxygens (including phenoxy) is 1. The van der Waals surface area contributed by atoms with Crippen molar-refractivity contribution in [1.29, 1.82) is 0 Å². The largest absolute Gasteiger partial charge is 0.438 e. The maximum atomic E-state index is 11.9. The molecule has 0 fully saturated rings. The van der Waals surface area contributed by atoms with Gasteiger partial charge in [0.05, 0.1) is 9.98 Å². The van der Waals surface area contributed by atoms with Gasteiger partial charge >= 0.3 is 0 Å². The molecule has 0 aliphatic carbocycles. The Morgan fingerprint density at radius 1 is 1.17 bits per heavy atom. The van der Waals surface area contributed by atoms with Gasteiger partial charge < -0.3 is 10.1 Å². The molecule has 0 spiro atoms. The second-order valence-electron chi connectivity index (χ2n) is 4.63. The Balaban J connectivity index is 1.57. The van der Waals surface area contributed by atoms with E-state index in [0.717, 1.165) is 8.66 Å². The number of carbonyl (C=O) groups excluding carboxylic acids is 1. The summed E-state index contributed by atoms with van der Waals surface area (Å²) in [6.45, 7) is 0. The highest BCUT2D eigenvalue weighted by molar-refractivity contribution is 9.11. The molecule has 7 heteroatoms. The average molecular weight is 402 g/mol. The predicted molar refractivity (Wildman–Crippen MR) is 98.2 cm³/mol. The van der Waals surface area contributed by atoms with Crippen molar-refractivity contribution in [2.45, 2.75) is 0 Å². The minimum atomic E-state index is -0.192. The molecule has 0 unspecified atom stereocenters. The van der Waals surface area contributed by atoms with Crippen molar-refractivity contribution in [3.05, 3.63) is 69.7 Å². The molecule has 1 aromatic carbocycles. The maximum Gasteiger partial charge on any atom is 0.248 e. The number of thiophene rings is 1. The highest BCUT2D eigenvalue weighted by Crippen LogP contribution is 2.23. The van der Waals surface area contributed by atoms with E-state index in [-0.39, 0.29) is 5.91 Å². The molecule has 120 valence electrons. The molecule has 0 atom stereocenters. The van der Waals surface area contributed by atoms with Crippen LogP contribution < -0.4 is 10.1 Å². The van der Waals surface area contributed by atoms with Crippen LogP contribution >= 0.6 is 27.3 Å². The van der Waals surface area contributed by atoms with Gasteiger partial charge in [-0.25, -0.2) is 4.98 Å². The third-order valence-corrected chi connectivity index (χ3v) is 4.47. The second-order valence-corrected chi connectivity index (χ2v) is 7.13. The molecule has 2 aromatic heterocycles. The lowest BCUT2D eigenvalue weighted by atomic mass is 10.3. The molecule has 1 N–H and O–H groups in total. The third-order valence-electron chi connectivity index (χ3n) is 2.88. The Morgan fingerprint density at radius 3 is 2.67 bits per heavy atom. The lowest BCUT2D eigenvalue weighted by Gasteiger charge is -2.05. The van der Waals surface area contributed by atoms with Crippen LogP contribution in [0.3, 0.4) is 0 Å². The van der Waals surface area contributed by atoms with E-state index >= 15 is 0 Å². The molecule has 2 heterocycles. The molecule has 0 saturated carbocycles. The fraction of sp³-hybridized carbons (Fsp3) is 0. The van der Waals surface area contributed by atoms with Gasteiger partial charge in [-0.3, -0.25) is 9.78 Å². The zero-order valence-electron chi connectivity index (χ0n) is 12.3. The zero-order chi connectivity index (χ0) is 16.8. The van der Waals surface area contributed by atoms with Crippen molar-refractivity contribution >= 4 is 44.9 Å². The molecular weight excluding hydrogens is 390 g/mol. The molecule has 0 aliphatic rings. The number of hydrogen-bond donors (Lipinski definition) is 1. The lowest BCUT2D eigenvalue weighted by molar-refractivity contribution is -0.111. The first-order chi connectivity index (χ1) is 11.7. The molecule has 0 saturated heterocycles. The number of nitrogens with one attached hydrogen (secondary N) is 1. The number of anilines is 1. The number of amides is 1. The van der Waals surface area contributed by atoms with Gasteiger partial charge in [0.2, 0.25) is 11.8 Å². The van der Waals surface area contributed by atoms with Crippen LogP contribution in [-0.2, 0) is 4.79 Å². The van der Waals surface area contributed by atoms with E-state index in [1.165, 1.54) is 12.3 Å². The van der Waals surface area contributed by atoms with Crippen molar-refractivity contribution in [1.82, 2.24) is 9.97 Å². The van der Waals surface area contributed by atoms with Crippen molar-refractivity contribution in [3.63, 3.8) is 0 Å². The number of rotatable bonds is 5. The van der Waals surface area contributed by atoms with Gasteiger partial charge in [0, 0.05) is 29.0 Å². The van der Waals surface area contributed by atoms with Crippen LogP contribution in [0.25, 0.3) is 6.08 Å². The van der Waals surface area contributed by atoms with E-state index < -0.39 is 0 Å². The van der Waals surface area contributed by atoms with Gasteiger partial charge in [0.25, 0.3) is 0 Å². The van der Waals surface area contributed by atoms with Crippen LogP contribution in [0.1, 0.15) is 4.88 Å². The van der Waals surface area contributed by atoms with Crippen LogP contribution in [-0.4, -0.2) is 15.9 Å². The van der Waals surface area contributed by atoms with Crippen molar-refractivity contribution in [2.75, 3.05) is 5.32 Å². The predicted octanol–water partition coefficient (Wildman–Crippen LogP) is 4.74. The van der Waals surface area contributed by atoms with E-state index in [1.807, 2.05) is 12.1 Å². The molecule has 24 heavy (non-hydrogen) atoms. The quantitative estimate of drug-likeness (QED) is 0.626. The first kappa shape index (κ1) is 16.4. The molecule has 0 radical (unpaired) electrons. The molecule has 0 bridgehead atoms. The summed E-state index contributed by atoms with van der Waals surface area (Å²) >= 11 is 4.95. The Bertz CT molecular complexity index is 848. The van der Waals surface area contributed by atoms with E-state index in [0.29, 0.717) is 17.3 Å². The van der Waals surface area contributed by atoms with Gasteiger partial charge in [-0.2, -0.15) is 0 Å². The monoisotopic (exact) mass is 401 g/mol. The van der Waals surface area contributed by atoms with Crippen molar-refractivity contribution < 1.29 is 9.53 Å². The SMILES string of the molecule is O=C(C=Cc1ccc(Br)s1)Nc1ccc(Oc2cnccn2)cc1. The summed E-state index contributed by atoms with van der Waals surface area (Å²) < 4.78 is 6.57. The van der Waals surface area contributed by atoms with Crippen LogP contribution in [0.5, 0.6) is 11.6 Å². The molecule has 1 amide bonds. The van der Waals surface area contributed by atoms with Gasteiger partial charge in [-0.05, 0) is 58.4 Å². The molecule has 3 aromatic rings. The number of nitrogens with zero attached hydrogens (tertiary/aromatic N) is 2. The molecule has 5 nitrogen and oxygen atoms in total. The fourth-order valence-corrected chi connectivity index (χ4v) is 3.15. The van der Waals surface area contributed by atoms with Crippen molar-refractivity contribution in [3.8, 4) is 11.6 Å². The summed E-state index contributed by atoms with van der Waals surface area (Å²) in [5.41, 5.74) is 0.684. The van der Waals surface area contributed by atoms with E-state index in [2.05, 4.69) is 31.2 Å². The highest BCUT2D eigenvalue weighted by atomic mass is 79.9. The summed E-state index contributed by atoms with van der Waals surface area (Å²) in [7, 11) is 0. The first-order valence-electron chi connectivity index (χ1n) is 6.97. The Kier molecular flexibility index (Phi) is 5.35. The lowest BCUT2D eigenvalue weighted by Crippen LogP contribution is -2.07. The van der Waals surface area contributed by atoms with Crippen LogP contribution in [0.15, 0.2) is 64.9 Å². The Labute approximate surface area is 151 Å². The standard InChI is InChI=1S/C17H12BrN3O2S/c18-15-7-5-14(24-15)6-8-16(22)21-12-1-3-13(4-2-12)23-17-11-19-9-10-20-17/h1-11H,(H,21,22). The van der Waals surface area contributed by atoms with Gasteiger partial charge in [-0.1, -0.05) is 0 Å². The minimum absolute atomic E-state index is 0.192. The van der Waals surface area contributed by atoms with Gasteiger partial charge in [0.1, 0.15) is 5.75 Å². The van der Waals surface area contributed by atoms with Crippen molar-refractivity contribution in [2.24, 2.45) is 0 Å². The van der Waals surface area contributed by atoms with Crippen LogP contribution in [0.2, 0.25) is 0 Å². The van der Waals surface area contributed by atoms with Crippen LogP contribution in [0.4, 0.5) is 5.69 Å². The molecular formula is C17H12BrN3O2S. The van der Waals surface area contributed by atoms with Gasteiger partial charge in [-0.15, -0.1) is 11.3 Å². The minimum Gasteiger partial charge on any atom is -0.438 e. The summed E-state index contributed by atoms with van der Waals surface area (Å²) in [6.07, 6.45) is 7.94. The maximum absolute atomic E-state index is 11.9. The number of halogens is 1. The number of aromatic nitrogens is 2. The third kappa shape index (κ3) is 4.74. The number of benzene rings is 1. The smallest absolute Gasteiger partial charge is 0.248 e. The normalized spacial score (nSPS) is 10.7. The average Bonchev–Trinajstić information content (AvgIpc) is 3.01. The summed E-state index contributed by atoms with van der Waals surface area (Å²) in [6, 6.07) is 10.9. The molecule has 3 rings (SSSR count). The fourth-order valence-electron chi connectivity index (χ4n) is 1.82. The second kappa shape index (κ2) is 7.85. The summed E-state index contributed by atoms with van der Waals surface area (Å²) in [4.78, 5) is 20.9.